The van der Waals surface area contributed by atoms with E-state index in [1.54, 1.807) is 0 Å². The Morgan fingerprint density at radius 2 is 1.02 bits per heavy atom. The maximum atomic E-state index is 4.92. The first-order valence-corrected chi connectivity index (χ1v) is 14.4. The second kappa shape index (κ2) is 7.96. The van der Waals surface area contributed by atoms with E-state index in [9.17, 15) is 0 Å². The predicted molar refractivity (Wildman–Crippen MR) is 175 cm³/mol. The fourth-order valence-electron chi connectivity index (χ4n) is 7.54. The summed E-state index contributed by atoms with van der Waals surface area (Å²) in [7, 11) is 0. The van der Waals surface area contributed by atoms with Gasteiger partial charge < -0.3 is 4.57 Å². The molecule has 6 aromatic carbocycles. The van der Waals surface area contributed by atoms with Crippen molar-refractivity contribution in [2.24, 2.45) is 0 Å². The highest BCUT2D eigenvalue weighted by atomic mass is 15.1. The van der Waals surface area contributed by atoms with E-state index in [1.807, 2.05) is 12.3 Å². The zero-order chi connectivity index (χ0) is 27.4. The monoisotopic (exact) mass is 533 g/mol. The highest BCUT2D eigenvalue weighted by Crippen LogP contribution is 2.53. The number of rotatable bonds is 2. The molecule has 0 aliphatic heterocycles. The summed E-state index contributed by atoms with van der Waals surface area (Å²) in [6, 6.07) is 48.3. The van der Waals surface area contributed by atoms with E-state index in [4.69, 9.17) is 4.98 Å². The van der Waals surface area contributed by atoms with E-state index < -0.39 is 0 Å². The molecule has 10 rings (SSSR count). The number of hydrogen-bond acceptors (Lipinski definition) is 1. The zero-order valence-electron chi connectivity index (χ0n) is 22.6. The topological polar surface area (TPSA) is 22.8 Å². The van der Waals surface area contributed by atoms with Gasteiger partial charge in [-0.05, 0) is 58.7 Å². The minimum absolute atomic E-state index is 0.929. The molecule has 1 aliphatic rings. The molecule has 42 heavy (non-hydrogen) atoms. The third kappa shape index (κ3) is 2.63. The van der Waals surface area contributed by atoms with Gasteiger partial charge in [0.1, 0.15) is 5.82 Å². The molecule has 0 N–H and O–H groups in total. The van der Waals surface area contributed by atoms with Crippen molar-refractivity contribution in [3.05, 3.63) is 140 Å². The van der Waals surface area contributed by atoms with Gasteiger partial charge >= 0.3 is 0 Å². The average molecular weight is 534 g/mol. The van der Waals surface area contributed by atoms with Gasteiger partial charge in [0, 0.05) is 44.2 Å². The van der Waals surface area contributed by atoms with Crippen LogP contribution in [0.1, 0.15) is 0 Å². The number of nitrogens with zero attached hydrogens (tertiary/aromatic N) is 3. The Kier molecular flexibility index (Phi) is 4.18. The lowest BCUT2D eigenvalue weighted by Gasteiger charge is -2.15. The van der Waals surface area contributed by atoms with Gasteiger partial charge in [-0.15, -0.1) is 0 Å². The summed E-state index contributed by atoms with van der Waals surface area (Å²) in [5.74, 6) is 0.929. The normalized spacial score (nSPS) is 12.3. The van der Waals surface area contributed by atoms with Gasteiger partial charge in [-0.3, -0.25) is 4.57 Å². The molecular formula is C39H23N3. The van der Waals surface area contributed by atoms with Gasteiger partial charge in [0.25, 0.3) is 0 Å². The van der Waals surface area contributed by atoms with Gasteiger partial charge in [-0.2, -0.15) is 0 Å². The molecule has 0 spiro atoms. The highest BCUT2D eigenvalue weighted by Gasteiger charge is 2.29. The average Bonchev–Trinajstić information content (AvgIpc) is 3.55. The number of benzene rings is 6. The van der Waals surface area contributed by atoms with Crippen LogP contribution in [0.5, 0.6) is 0 Å². The summed E-state index contributed by atoms with van der Waals surface area (Å²) in [5.41, 5.74) is 11.1. The number of hydrogen-bond donors (Lipinski definition) is 0. The third-order valence-corrected chi connectivity index (χ3v) is 9.08. The molecule has 0 saturated carbocycles. The van der Waals surface area contributed by atoms with Crippen LogP contribution >= 0.6 is 0 Å². The molecule has 0 amide bonds. The lowest BCUT2D eigenvalue weighted by atomic mass is 9.92. The Morgan fingerprint density at radius 1 is 0.381 bits per heavy atom. The van der Waals surface area contributed by atoms with Crippen LogP contribution in [-0.2, 0) is 0 Å². The molecule has 1 aliphatic carbocycles. The largest absolute Gasteiger partial charge is 0.309 e. The van der Waals surface area contributed by atoms with E-state index in [-0.39, 0.29) is 0 Å². The van der Waals surface area contributed by atoms with Crippen LogP contribution in [-0.4, -0.2) is 14.1 Å². The smallest absolute Gasteiger partial charge is 0.137 e. The van der Waals surface area contributed by atoms with Crippen LogP contribution < -0.4 is 0 Å². The summed E-state index contributed by atoms with van der Waals surface area (Å²) >= 11 is 0. The van der Waals surface area contributed by atoms with Crippen LogP contribution in [0, 0.1) is 0 Å². The Balaban J connectivity index is 1.62. The van der Waals surface area contributed by atoms with Crippen molar-refractivity contribution in [2.75, 3.05) is 0 Å². The van der Waals surface area contributed by atoms with E-state index in [0.717, 1.165) is 11.5 Å². The van der Waals surface area contributed by atoms with Gasteiger partial charge in [-0.25, -0.2) is 4.98 Å². The maximum absolute atomic E-state index is 4.92. The Bertz CT molecular complexity index is 2550. The van der Waals surface area contributed by atoms with Crippen molar-refractivity contribution >= 4 is 54.4 Å². The standard InChI is InChI=1S/C39H23N3/c1-2-12-24(13-3-1)41-31-20-7-6-16-29(31)36-38(41)30-19-10-17-27-25-14-4-5-15-26(25)28-18-11-21-32-35(28)37(34(27)30)39(36)42(32)33-22-8-9-23-40-33/h1-23H. The quantitative estimate of drug-likeness (QED) is 0.217. The number of pyridine rings is 1. The molecule has 0 radical (unpaired) electrons. The second-order valence-corrected chi connectivity index (χ2v) is 11.1. The van der Waals surface area contributed by atoms with Crippen LogP contribution in [0.3, 0.4) is 0 Å². The summed E-state index contributed by atoms with van der Waals surface area (Å²) in [5, 5.41) is 7.66. The molecule has 3 heterocycles. The molecule has 0 fully saturated rings. The zero-order valence-corrected chi connectivity index (χ0v) is 22.6. The Labute approximate surface area is 241 Å². The van der Waals surface area contributed by atoms with Gasteiger partial charge in [0.2, 0.25) is 0 Å². The Morgan fingerprint density at radius 3 is 1.83 bits per heavy atom. The van der Waals surface area contributed by atoms with Crippen molar-refractivity contribution < 1.29 is 0 Å². The molecular weight excluding hydrogens is 510 g/mol. The molecule has 0 saturated heterocycles. The maximum Gasteiger partial charge on any atom is 0.137 e. The minimum Gasteiger partial charge on any atom is -0.309 e. The van der Waals surface area contributed by atoms with Crippen molar-refractivity contribution in [2.45, 2.75) is 0 Å². The number of aromatic nitrogens is 3. The van der Waals surface area contributed by atoms with Crippen LogP contribution in [0.15, 0.2) is 140 Å². The van der Waals surface area contributed by atoms with E-state index in [0.29, 0.717) is 0 Å². The van der Waals surface area contributed by atoms with Gasteiger partial charge in [0.15, 0.2) is 0 Å². The Hall–Kier alpha value is -5.67. The SMILES string of the molecule is c1ccc(-n2c3ccccc3c3c2c2cccc4c2c2c5c(cccc5n(-c5ccccn5)c23)-c2ccccc2-4)cc1. The summed E-state index contributed by atoms with van der Waals surface area (Å²) in [6.07, 6.45) is 1.90. The predicted octanol–water partition coefficient (Wildman–Crippen LogP) is 10.1. The fraction of sp³-hybridized carbons (Fsp3) is 0. The van der Waals surface area contributed by atoms with Crippen LogP contribution in [0.25, 0.3) is 88.1 Å². The minimum atomic E-state index is 0.929. The van der Waals surface area contributed by atoms with Crippen molar-refractivity contribution in [3.63, 3.8) is 0 Å². The molecule has 3 nitrogen and oxygen atoms in total. The lowest BCUT2D eigenvalue weighted by Crippen LogP contribution is -1.98. The molecule has 3 aromatic heterocycles. The molecule has 0 bridgehead atoms. The fourth-order valence-corrected chi connectivity index (χ4v) is 7.54. The molecule has 9 aromatic rings. The van der Waals surface area contributed by atoms with Crippen molar-refractivity contribution in [1.82, 2.24) is 14.1 Å². The number of para-hydroxylation sites is 2. The number of fused-ring (bicyclic) bond motifs is 8. The summed E-state index contributed by atoms with van der Waals surface area (Å²) in [4.78, 5) is 4.92. The summed E-state index contributed by atoms with van der Waals surface area (Å²) in [6.45, 7) is 0. The first-order chi connectivity index (χ1) is 20.9. The van der Waals surface area contributed by atoms with E-state index >= 15 is 0 Å². The van der Waals surface area contributed by atoms with Crippen LogP contribution in [0.4, 0.5) is 0 Å². The van der Waals surface area contributed by atoms with E-state index in [2.05, 4.69) is 137 Å². The first-order valence-electron chi connectivity index (χ1n) is 14.4. The first kappa shape index (κ1) is 22.1. The van der Waals surface area contributed by atoms with Gasteiger partial charge in [-0.1, -0.05) is 97.1 Å². The lowest BCUT2D eigenvalue weighted by molar-refractivity contribution is 1.08. The highest BCUT2D eigenvalue weighted by molar-refractivity contribution is 6.40. The van der Waals surface area contributed by atoms with Crippen LogP contribution in [0.2, 0.25) is 0 Å². The van der Waals surface area contributed by atoms with Crippen molar-refractivity contribution in [3.8, 4) is 33.8 Å². The van der Waals surface area contributed by atoms with E-state index in [1.165, 1.54) is 76.6 Å². The summed E-state index contributed by atoms with van der Waals surface area (Å²) < 4.78 is 4.86. The third-order valence-electron chi connectivity index (χ3n) is 9.08. The molecule has 3 heteroatoms. The second-order valence-electron chi connectivity index (χ2n) is 11.1. The van der Waals surface area contributed by atoms with Crippen molar-refractivity contribution in [1.29, 1.82) is 0 Å². The molecule has 0 atom stereocenters. The van der Waals surface area contributed by atoms with Gasteiger partial charge in [0.05, 0.1) is 22.1 Å². The molecule has 0 unspecified atom stereocenters. The molecule has 194 valence electrons.